The van der Waals surface area contributed by atoms with Gasteiger partial charge in [-0.05, 0) is 30.2 Å². The summed E-state index contributed by atoms with van der Waals surface area (Å²) in [6, 6.07) is 3.53. The van der Waals surface area contributed by atoms with Crippen molar-refractivity contribution in [3.63, 3.8) is 0 Å². The van der Waals surface area contributed by atoms with Crippen molar-refractivity contribution >= 4 is 11.0 Å². The molecule has 0 fully saturated rings. The molecule has 0 atom stereocenters. The molecular formula is C11H9F3O. The van der Waals surface area contributed by atoms with Crippen LogP contribution in [0.15, 0.2) is 28.9 Å². The molecule has 0 unspecified atom stereocenters. The van der Waals surface area contributed by atoms with E-state index in [0.717, 1.165) is 17.7 Å². The van der Waals surface area contributed by atoms with E-state index in [4.69, 9.17) is 4.42 Å². The molecule has 0 aliphatic rings. The van der Waals surface area contributed by atoms with Crippen molar-refractivity contribution in [1.29, 1.82) is 0 Å². The summed E-state index contributed by atoms with van der Waals surface area (Å²) in [5, 5.41) is 0.548. The lowest BCUT2D eigenvalue weighted by atomic mass is 10.1. The fourth-order valence-corrected chi connectivity index (χ4v) is 1.53. The summed E-state index contributed by atoms with van der Waals surface area (Å²) in [7, 11) is 0. The largest absolute Gasteiger partial charge is 0.464 e. The molecule has 0 radical (unpaired) electrons. The number of aryl methyl sites for hydroxylation is 1. The van der Waals surface area contributed by atoms with E-state index in [0.29, 0.717) is 17.4 Å². The van der Waals surface area contributed by atoms with E-state index in [1.54, 1.807) is 0 Å². The summed E-state index contributed by atoms with van der Waals surface area (Å²) in [6.45, 7) is 1.88. The number of benzene rings is 1. The van der Waals surface area contributed by atoms with Crippen molar-refractivity contribution in [2.24, 2.45) is 0 Å². The number of fused-ring (bicyclic) bond motifs is 1. The number of alkyl halides is 3. The number of halogens is 3. The van der Waals surface area contributed by atoms with E-state index >= 15 is 0 Å². The molecule has 0 saturated heterocycles. The maximum Gasteiger partial charge on any atom is 0.416 e. The van der Waals surface area contributed by atoms with Crippen LogP contribution in [0.2, 0.25) is 0 Å². The van der Waals surface area contributed by atoms with Gasteiger partial charge < -0.3 is 4.42 Å². The second kappa shape index (κ2) is 3.29. The van der Waals surface area contributed by atoms with E-state index in [1.807, 2.05) is 6.92 Å². The van der Waals surface area contributed by atoms with Crippen molar-refractivity contribution in [2.45, 2.75) is 19.5 Å². The molecule has 0 aliphatic carbocycles. The Morgan fingerprint density at radius 1 is 1.27 bits per heavy atom. The van der Waals surface area contributed by atoms with Crippen LogP contribution in [0, 0.1) is 0 Å². The van der Waals surface area contributed by atoms with Gasteiger partial charge >= 0.3 is 6.18 Å². The predicted octanol–water partition coefficient (Wildman–Crippen LogP) is 4.01. The van der Waals surface area contributed by atoms with Gasteiger partial charge in [0.1, 0.15) is 5.58 Å². The van der Waals surface area contributed by atoms with Crippen LogP contribution in [0.5, 0.6) is 0 Å². The van der Waals surface area contributed by atoms with E-state index in [9.17, 15) is 13.2 Å². The molecule has 0 aliphatic heterocycles. The van der Waals surface area contributed by atoms with Gasteiger partial charge in [-0.1, -0.05) is 6.92 Å². The molecule has 2 rings (SSSR count). The molecule has 1 nitrogen and oxygen atoms in total. The summed E-state index contributed by atoms with van der Waals surface area (Å²) < 4.78 is 42.4. The molecule has 0 spiro atoms. The molecular weight excluding hydrogens is 205 g/mol. The first-order chi connectivity index (χ1) is 7.02. The van der Waals surface area contributed by atoms with Gasteiger partial charge in [0.05, 0.1) is 11.8 Å². The summed E-state index contributed by atoms with van der Waals surface area (Å²) in [5.41, 5.74) is 0.669. The van der Waals surface area contributed by atoms with Crippen LogP contribution in [-0.4, -0.2) is 0 Å². The number of furan rings is 1. The summed E-state index contributed by atoms with van der Waals surface area (Å²) in [6.07, 6.45) is -2.13. The molecule has 0 saturated carbocycles. The highest BCUT2D eigenvalue weighted by molar-refractivity contribution is 5.81. The lowest BCUT2D eigenvalue weighted by molar-refractivity contribution is -0.137. The van der Waals surface area contributed by atoms with Crippen LogP contribution in [0.25, 0.3) is 11.0 Å². The highest BCUT2D eigenvalue weighted by atomic mass is 19.4. The zero-order valence-corrected chi connectivity index (χ0v) is 8.06. The molecule has 0 amide bonds. The fraction of sp³-hybridized carbons (Fsp3) is 0.273. The third kappa shape index (κ3) is 1.71. The Labute approximate surface area is 84.5 Å². The Morgan fingerprint density at radius 3 is 2.60 bits per heavy atom. The van der Waals surface area contributed by atoms with Gasteiger partial charge in [-0.25, -0.2) is 0 Å². The lowest BCUT2D eigenvalue weighted by Crippen LogP contribution is -2.04. The minimum atomic E-state index is -4.30. The van der Waals surface area contributed by atoms with Crippen LogP contribution in [0.1, 0.15) is 18.1 Å². The van der Waals surface area contributed by atoms with E-state index in [-0.39, 0.29) is 0 Å². The normalized spacial score (nSPS) is 12.3. The Kier molecular flexibility index (Phi) is 2.21. The van der Waals surface area contributed by atoms with Gasteiger partial charge in [0.2, 0.25) is 0 Å². The molecule has 2 aromatic rings. The van der Waals surface area contributed by atoms with Crippen LogP contribution in [-0.2, 0) is 12.6 Å². The second-order valence-electron chi connectivity index (χ2n) is 3.32. The van der Waals surface area contributed by atoms with Crippen LogP contribution in [0.4, 0.5) is 13.2 Å². The Balaban J connectivity index is 2.63. The Bertz CT molecular complexity index is 482. The van der Waals surface area contributed by atoms with Crippen molar-refractivity contribution < 1.29 is 17.6 Å². The average Bonchev–Trinajstić information content (AvgIpc) is 2.57. The van der Waals surface area contributed by atoms with Crippen molar-refractivity contribution in [2.75, 3.05) is 0 Å². The third-order valence-electron chi connectivity index (χ3n) is 2.36. The summed E-state index contributed by atoms with van der Waals surface area (Å²) in [5.74, 6) is 0. The lowest BCUT2D eigenvalue weighted by Gasteiger charge is -2.05. The van der Waals surface area contributed by atoms with Crippen molar-refractivity contribution in [3.05, 3.63) is 35.6 Å². The van der Waals surface area contributed by atoms with Gasteiger partial charge in [0.15, 0.2) is 0 Å². The third-order valence-corrected chi connectivity index (χ3v) is 2.36. The van der Waals surface area contributed by atoms with E-state index in [1.165, 1.54) is 12.3 Å². The molecule has 0 bridgehead atoms. The standard InChI is InChI=1S/C11H9F3O/c1-2-7-6-15-10-4-3-8(5-9(7)10)11(12,13)14/h3-6H,2H2,1H3. The highest BCUT2D eigenvalue weighted by Gasteiger charge is 2.30. The van der Waals surface area contributed by atoms with Crippen LogP contribution < -0.4 is 0 Å². The topological polar surface area (TPSA) is 13.1 Å². The predicted molar refractivity (Wildman–Crippen MR) is 50.6 cm³/mol. The average molecular weight is 214 g/mol. The SMILES string of the molecule is CCc1coc2ccc(C(F)(F)F)cc12. The number of hydrogen-bond acceptors (Lipinski definition) is 1. The zero-order valence-electron chi connectivity index (χ0n) is 8.06. The monoisotopic (exact) mass is 214 g/mol. The maximum atomic E-state index is 12.4. The van der Waals surface area contributed by atoms with Crippen molar-refractivity contribution in [3.8, 4) is 0 Å². The first kappa shape index (κ1) is 10.1. The molecule has 80 valence electrons. The number of rotatable bonds is 1. The minimum absolute atomic E-state index is 0.500. The molecule has 4 heteroatoms. The first-order valence-corrected chi connectivity index (χ1v) is 4.59. The van der Waals surface area contributed by atoms with Gasteiger partial charge in [0, 0.05) is 5.39 Å². The molecule has 0 N–H and O–H groups in total. The fourth-order valence-electron chi connectivity index (χ4n) is 1.53. The summed E-state index contributed by atoms with van der Waals surface area (Å²) in [4.78, 5) is 0. The smallest absolute Gasteiger partial charge is 0.416 e. The highest BCUT2D eigenvalue weighted by Crippen LogP contribution is 2.32. The van der Waals surface area contributed by atoms with Gasteiger partial charge in [-0.2, -0.15) is 13.2 Å². The minimum Gasteiger partial charge on any atom is -0.464 e. The quantitative estimate of drug-likeness (QED) is 0.698. The first-order valence-electron chi connectivity index (χ1n) is 4.59. The van der Waals surface area contributed by atoms with Crippen molar-refractivity contribution in [1.82, 2.24) is 0 Å². The van der Waals surface area contributed by atoms with E-state index < -0.39 is 11.7 Å². The maximum absolute atomic E-state index is 12.4. The molecule has 15 heavy (non-hydrogen) atoms. The van der Waals surface area contributed by atoms with Gasteiger partial charge in [0.25, 0.3) is 0 Å². The zero-order chi connectivity index (χ0) is 11.1. The Hall–Kier alpha value is -1.45. The van der Waals surface area contributed by atoms with E-state index in [2.05, 4.69) is 0 Å². The number of hydrogen-bond donors (Lipinski definition) is 0. The Morgan fingerprint density at radius 2 is 2.00 bits per heavy atom. The van der Waals surface area contributed by atoms with Gasteiger partial charge in [-0.3, -0.25) is 0 Å². The summed E-state index contributed by atoms with van der Waals surface area (Å²) >= 11 is 0. The molecule has 1 heterocycles. The molecule has 1 aromatic heterocycles. The van der Waals surface area contributed by atoms with Crippen LogP contribution in [0.3, 0.4) is 0 Å². The van der Waals surface area contributed by atoms with Gasteiger partial charge in [-0.15, -0.1) is 0 Å². The van der Waals surface area contributed by atoms with Crippen LogP contribution >= 0.6 is 0 Å². The second-order valence-corrected chi connectivity index (χ2v) is 3.32. The molecule has 1 aromatic carbocycles.